The Kier molecular flexibility index (Phi) is 9.00. The van der Waals surface area contributed by atoms with Crippen molar-refractivity contribution in [3.05, 3.63) is 75.1 Å². The van der Waals surface area contributed by atoms with E-state index < -0.39 is 17.9 Å². The van der Waals surface area contributed by atoms with Crippen LogP contribution in [0.25, 0.3) is 10.1 Å². The molecule has 0 saturated carbocycles. The number of carbonyl (C=O) groups is 2. The van der Waals surface area contributed by atoms with Crippen LogP contribution in [-0.4, -0.2) is 23.0 Å². The van der Waals surface area contributed by atoms with Crippen LogP contribution in [0, 0.1) is 5.92 Å². The Morgan fingerprint density at radius 1 is 1.12 bits per heavy atom. The van der Waals surface area contributed by atoms with Crippen LogP contribution in [0.5, 0.6) is 5.75 Å². The predicted molar refractivity (Wildman–Crippen MR) is 139 cm³/mol. The summed E-state index contributed by atoms with van der Waals surface area (Å²) in [6.07, 6.45) is 2.36. The van der Waals surface area contributed by atoms with Crippen molar-refractivity contribution in [2.45, 2.75) is 45.8 Å². The lowest BCUT2D eigenvalue weighted by Gasteiger charge is -2.21. The molecule has 1 atom stereocenters. The molecule has 3 rings (SSSR count). The van der Waals surface area contributed by atoms with Crippen molar-refractivity contribution in [2.75, 3.05) is 0 Å². The molecule has 2 N–H and O–H groups in total. The first kappa shape index (κ1) is 26.1. The van der Waals surface area contributed by atoms with Crippen molar-refractivity contribution in [3.8, 4) is 5.75 Å². The van der Waals surface area contributed by atoms with Gasteiger partial charge in [-0.3, -0.25) is 4.79 Å². The first-order valence-corrected chi connectivity index (χ1v) is 12.7. The number of hydrogen-bond acceptors (Lipinski definition) is 4. The van der Waals surface area contributed by atoms with Crippen LogP contribution in [0.1, 0.15) is 49.0 Å². The van der Waals surface area contributed by atoms with Gasteiger partial charge in [-0.1, -0.05) is 62.5 Å². The van der Waals surface area contributed by atoms with E-state index in [0.717, 1.165) is 28.5 Å². The molecule has 0 unspecified atom stereocenters. The highest BCUT2D eigenvalue weighted by Crippen LogP contribution is 2.34. The summed E-state index contributed by atoms with van der Waals surface area (Å²) < 4.78 is 7.04. The number of amides is 1. The standard InChI is InChI=1S/C26H27Cl2NO4S/c1-4-16(5-2)12-15(3)23(26(31)32)29-25(30)19-7-9-22-18(10-11-34-22)24(19)33-14-17-6-8-20(27)21(28)13-17/h6-11,13,16,23H,3-5,12,14H2,1-2H3,(H,29,30)(H,31,32)/t23-/m0/s1. The third kappa shape index (κ3) is 6.12. The summed E-state index contributed by atoms with van der Waals surface area (Å²) in [4.78, 5) is 25.2. The number of nitrogens with one attached hydrogen (secondary N) is 1. The molecule has 0 bridgehead atoms. The third-order valence-corrected chi connectivity index (χ3v) is 7.45. The minimum absolute atomic E-state index is 0.163. The monoisotopic (exact) mass is 519 g/mol. The SMILES string of the molecule is C=C(CC(CC)CC)[C@H](NC(=O)c1ccc2sccc2c1OCc1ccc(Cl)c(Cl)c1)C(=O)O. The maximum absolute atomic E-state index is 13.3. The van der Waals surface area contributed by atoms with E-state index in [2.05, 4.69) is 25.7 Å². The van der Waals surface area contributed by atoms with E-state index in [1.165, 1.54) is 11.3 Å². The second-order valence-corrected chi connectivity index (χ2v) is 9.86. The number of ether oxygens (including phenoxy) is 1. The van der Waals surface area contributed by atoms with Gasteiger partial charge in [0.15, 0.2) is 0 Å². The van der Waals surface area contributed by atoms with Crippen LogP contribution in [0.3, 0.4) is 0 Å². The Labute approximate surface area is 213 Å². The lowest BCUT2D eigenvalue weighted by Crippen LogP contribution is -2.42. The van der Waals surface area contributed by atoms with Crippen LogP contribution < -0.4 is 10.1 Å². The molecule has 180 valence electrons. The number of aliphatic carboxylic acids is 1. The first-order valence-electron chi connectivity index (χ1n) is 11.0. The molecule has 5 nitrogen and oxygen atoms in total. The molecule has 8 heteroatoms. The summed E-state index contributed by atoms with van der Waals surface area (Å²) in [6.45, 7) is 8.25. The van der Waals surface area contributed by atoms with Crippen LogP contribution in [0.2, 0.25) is 10.0 Å². The number of benzene rings is 2. The van der Waals surface area contributed by atoms with Crippen LogP contribution in [0.4, 0.5) is 0 Å². The smallest absolute Gasteiger partial charge is 0.330 e. The Morgan fingerprint density at radius 2 is 1.85 bits per heavy atom. The van der Waals surface area contributed by atoms with E-state index >= 15 is 0 Å². The molecule has 0 aliphatic rings. The van der Waals surface area contributed by atoms with Crippen molar-refractivity contribution < 1.29 is 19.4 Å². The highest BCUT2D eigenvalue weighted by Gasteiger charge is 2.27. The second-order valence-electron chi connectivity index (χ2n) is 8.10. The van der Waals surface area contributed by atoms with Gasteiger partial charge in [-0.25, -0.2) is 4.79 Å². The van der Waals surface area contributed by atoms with Gasteiger partial charge in [0.1, 0.15) is 18.4 Å². The van der Waals surface area contributed by atoms with Crippen molar-refractivity contribution in [1.29, 1.82) is 0 Å². The molecule has 0 spiro atoms. The zero-order chi connectivity index (χ0) is 24.8. The molecule has 0 fully saturated rings. The van der Waals surface area contributed by atoms with Crippen molar-refractivity contribution in [2.24, 2.45) is 5.92 Å². The number of hydrogen-bond donors (Lipinski definition) is 2. The molecular weight excluding hydrogens is 493 g/mol. The highest BCUT2D eigenvalue weighted by atomic mass is 35.5. The Morgan fingerprint density at radius 3 is 2.50 bits per heavy atom. The van der Waals surface area contributed by atoms with Crippen molar-refractivity contribution in [1.82, 2.24) is 5.32 Å². The van der Waals surface area contributed by atoms with E-state index in [-0.39, 0.29) is 12.2 Å². The number of carboxylic acid groups (broad SMARTS) is 1. The minimum Gasteiger partial charge on any atom is -0.487 e. The predicted octanol–water partition coefficient (Wildman–Crippen LogP) is 7.35. The van der Waals surface area contributed by atoms with Gasteiger partial charge in [-0.05, 0) is 59.2 Å². The zero-order valence-electron chi connectivity index (χ0n) is 19.1. The molecular formula is C26H27Cl2NO4S. The molecule has 0 aliphatic heterocycles. The summed E-state index contributed by atoms with van der Waals surface area (Å²) >= 11 is 13.6. The van der Waals surface area contributed by atoms with Crippen molar-refractivity contribution in [3.63, 3.8) is 0 Å². The van der Waals surface area contributed by atoms with E-state index in [1.54, 1.807) is 24.3 Å². The molecule has 1 aromatic heterocycles. The molecule has 1 heterocycles. The van der Waals surface area contributed by atoms with Gasteiger partial charge >= 0.3 is 5.97 Å². The quantitative estimate of drug-likeness (QED) is 0.259. The van der Waals surface area contributed by atoms with Crippen molar-refractivity contribution >= 4 is 56.5 Å². The van der Waals surface area contributed by atoms with Gasteiger partial charge in [-0.15, -0.1) is 11.3 Å². The summed E-state index contributed by atoms with van der Waals surface area (Å²) in [7, 11) is 0. The largest absolute Gasteiger partial charge is 0.487 e. The average Bonchev–Trinajstić information content (AvgIpc) is 3.30. The Bertz CT molecular complexity index is 1200. The number of thiophene rings is 1. The lowest BCUT2D eigenvalue weighted by molar-refractivity contribution is -0.138. The number of carboxylic acids is 1. The van der Waals surface area contributed by atoms with Crippen LogP contribution >= 0.6 is 34.5 Å². The minimum atomic E-state index is -1.19. The first-order chi connectivity index (χ1) is 16.2. The Balaban J connectivity index is 1.87. The molecule has 1 amide bonds. The summed E-state index contributed by atoms with van der Waals surface area (Å²) in [6, 6.07) is 9.36. The van der Waals surface area contributed by atoms with Gasteiger partial charge < -0.3 is 15.2 Å². The van der Waals surface area contributed by atoms with Gasteiger partial charge in [0, 0.05) is 10.1 Å². The van der Waals surface area contributed by atoms with E-state index in [1.807, 2.05) is 17.5 Å². The molecule has 0 aliphatic carbocycles. The third-order valence-electron chi connectivity index (χ3n) is 5.83. The van der Waals surface area contributed by atoms with Crippen LogP contribution in [0.15, 0.2) is 53.9 Å². The number of halogens is 2. The summed E-state index contributed by atoms with van der Waals surface area (Å²) in [5.74, 6) is -0.968. The van der Waals surface area contributed by atoms with Gasteiger partial charge in [0.05, 0.1) is 15.6 Å². The number of fused-ring (bicyclic) bond motifs is 1. The molecule has 34 heavy (non-hydrogen) atoms. The topological polar surface area (TPSA) is 75.6 Å². The van der Waals surface area contributed by atoms with E-state index in [0.29, 0.717) is 33.7 Å². The van der Waals surface area contributed by atoms with E-state index in [4.69, 9.17) is 27.9 Å². The fourth-order valence-corrected chi connectivity index (χ4v) is 4.86. The van der Waals surface area contributed by atoms with E-state index in [9.17, 15) is 14.7 Å². The van der Waals surface area contributed by atoms with Crippen LogP contribution in [-0.2, 0) is 11.4 Å². The molecule has 3 aromatic rings. The highest BCUT2D eigenvalue weighted by molar-refractivity contribution is 7.17. The average molecular weight is 520 g/mol. The second kappa shape index (κ2) is 11.7. The van der Waals surface area contributed by atoms with Gasteiger partial charge in [-0.2, -0.15) is 0 Å². The molecule has 2 aromatic carbocycles. The summed E-state index contributed by atoms with van der Waals surface area (Å²) in [5, 5.41) is 16.0. The summed E-state index contributed by atoms with van der Waals surface area (Å²) in [5.41, 5.74) is 1.52. The number of carbonyl (C=O) groups excluding carboxylic acids is 1. The fourth-order valence-electron chi connectivity index (χ4n) is 3.75. The maximum Gasteiger partial charge on any atom is 0.330 e. The van der Waals surface area contributed by atoms with Gasteiger partial charge in [0.2, 0.25) is 0 Å². The number of rotatable bonds is 11. The lowest BCUT2D eigenvalue weighted by atomic mass is 9.91. The maximum atomic E-state index is 13.3. The normalized spacial score (nSPS) is 12.0. The zero-order valence-corrected chi connectivity index (χ0v) is 21.4. The molecule has 0 saturated heterocycles. The fraction of sp³-hybridized carbons (Fsp3) is 0.308. The molecule has 0 radical (unpaired) electrons. The Hall–Kier alpha value is -2.54. The van der Waals surface area contributed by atoms with Gasteiger partial charge in [0.25, 0.3) is 5.91 Å².